The number of nitrogens with one attached hydrogen (secondary N) is 1. The Bertz CT molecular complexity index is 967. The molecule has 1 fully saturated rings. The molecule has 2 aromatic rings. The number of amides is 2. The minimum absolute atomic E-state index is 0.106. The first-order chi connectivity index (χ1) is 13.8. The molecule has 2 aliphatic heterocycles. The van der Waals surface area contributed by atoms with Gasteiger partial charge in [0.2, 0.25) is 5.91 Å². The van der Waals surface area contributed by atoms with Gasteiger partial charge in [0.25, 0.3) is 5.91 Å². The average Bonchev–Trinajstić information content (AvgIpc) is 3.21. The molecule has 2 heterocycles. The minimum Gasteiger partial charge on any atom is -0.483 e. The van der Waals surface area contributed by atoms with Crippen LogP contribution in [0.2, 0.25) is 0 Å². The highest BCUT2D eigenvalue weighted by Gasteiger charge is 2.32. The number of fused-ring (bicyclic) bond motifs is 1. The quantitative estimate of drug-likeness (QED) is 0.836. The number of carbonyl (C=O) groups is 2. The monoisotopic (exact) mass is 394 g/mol. The lowest BCUT2D eigenvalue weighted by molar-refractivity contribution is -0.118. The van der Waals surface area contributed by atoms with Crippen molar-refractivity contribution in [1.82, 2.24) is 0 Å². The third kappa shape index (κ3) is 4.06. The summed E-state index contributed by atoms with van der Waals surface area (Å²) in [6, 6.07) is 11.3. The molecule has 29 heavy (non-hydrogen) atoms. The maximum atomic E-state index is 12.4. The summed E-state index contributed by atoms with van der Waals surface area (Å²) in [5.41, 5.74) is 3.37. The molecule has 152 valence electrons. The van der Waals surface area contributed by atoms with Crippen LogP contribution in [-0.4, -0.2) is 30.6 Å². The minimum atomic E-state index is -0.264. The molecule has 2 amide bonds. The number of rotatable bonds is 5. The van der Waals surface area contributed by atoms with Crippen LogP contribution in [-0.2, 0) is 16.0 Å². The predicted octanol–water partition coefficient (Wildman–Crippen LogP) is 3.85. The lowest BCUT2D eigenvalue weighted by atomic mass is 10.0. The Morgan fingerprint density at radius 2 is 2.10 bits per heavy atom. The van der Waals surface area contributed by atoms with Crippen LogP contribution >= 0.6 is 0 Å². The van der Waals surface area contributed by atoms with Crippen molar-refractivity contribution in [2.75, 3.05) is 23.4 Å². The smallest absolute Gasteiger partial charge is 0.262 e. The van der Waals surface area contributed by atoms with Gasteiger partial charge in [0.1, 0.15) is 5.60 Å². The fraction of sp³-hybridized carbons (Fsp3) is 0.391. The zero-order valence-electron chi connectivity index (χ0n) is 17.1. The van der Waals surface area contributed by atoms with E-state index in [1.165, 1.54) is 0 Å². The number of para-hydroxylation sites is 1. The topological polar surface area (TPSA) is 67.9 Å². The normalized spacial score (nSPS) is 17.1. The van der Waals surface area contributed by atoms with Crippen molar-refractivity contribution >= 4 is 23.2 Å². The van der Waals surface area contributed by atoms with Crippen molar-refractivity contribution in [2.45, 2.75) is 45.6 Å². The van der Waals surface area contributed by atoms with Crippen LogP contribution < -0.4 is 19.7 Å². The van der Waals surface area contributed by atoms with Crippen LogP contribution in [0.4, 0.5) is 11.4 Å². The van der Waals surface area contributed by atoms with Crippen LogP contribution in [0.5, 0.6) is 11.5 Å². The van der Waals surface area contributed by atoms with Crippen molar-refractivity contribution in [2.24, 2.45) is 0 Å². The van der Waals surface area contributed by atoms with E-state index in [1.54, 1.807) is 0 Å². The van der Waals surface area contributed by atoms with Gasteiger partial charge >= 0.3 is 0 Å². The van der Waals surface area contributed by atoms with E-state index in [-0.39, 0.29) is 24.0 Å². The molecule has 4 rings (SSSR count). The Labute approximate surface area is 170 Å². The second-order valence-corrected chi connectivity index (χ2v) is 8.27. The van der Waals surface area contributed by atoms with Gasteiger partial charge in [-0.3, -0.25) is 9.59 Å². The summed E-state index contributed by atoms with van der Waals surface area (Å²) in [6.45, 7) is 6.65. The lowest BCUT2D eigenvalue weighted by Gasteiger charge is -2.19. The highest BCUT2D eigenvalue weighted by Crippen LogP contribution is 2.41. The van der Waals surface area contributed by atoms with E-state index in [9.17, 15) is 9.59 Å². The molecule has 6 nitrogen and oxygen atoms in total. The summed E-state index contributed by atoms with van der Waals surface area (Å²) in [5.74, 6) is 1.21. The SMILES string of the molecule is Cc1cc(NC(=O)COc2cccc3c2OC(C)(C)C3)ccc1N1CCCC1=O. The van der Waals surface area contributed by atoms with E-state index in [0.29, 0.717) is 17.9 Å². The molecule has 0 atom stereocenters. The molecule has 6 heteroatoms. The fourth-order valence-corrected chi connectivity index (χ4v) is 3.98. The van der Waals surface area contributed by atoms with Gasteiger partial charge < -0.3 is 19.7 Å². The van der Waals surface area contributed by atoms with Gasteiger partial charge in [-0.05, 0) is 57.0 Å². The largest absolute Gasteiger partial charge is 0.483 e. The molecule has 1 saturated heterocycles. The fourth-order valence-electron chi connectivity index (χ4n) is 3.98. The standard InChI is InChI=1S/C23H26N2O4/c1-15-12-17(9-10-18(15)25-11-5-8-21(25)27)24-20(26)14-28-19-7-4-6-16-13-23(2,3)29-22(16)19/h4,6-7,9-10,12H,5,8,11,13-14H2,1-3H3,(H,24,26). The highest BCUT2D eigenvalue weighted by atomic mass is 16.5. The van der Waals surface area contributed by atoms with Crippen molar-refractivity contribution in [3.05, 3.63) is 47.5 Å². The number of anilines is 2. The van der Waals surface area contributed by atoms with Crippen LogP contribution in [0, 0.1) is 6.92 Å². The molecule has 0 aliphatic carbocycles. The number of nitrogens with zero attached hydrogens (tertiary/aromatic N) is 1. The highest BCUT2D eigenvalue weighted by molar-refractivity contribution is 5.97. The first-order valence-electron chi connectivity index (χ1n) is 9.97. The molecule has 0 saturated carbocycles. The molecule has 0 radical (unpaired) electrons. The maximum absolute atomic E-state index is 12.4. The third-order valence-corrected chi connectivity index (χ3v) is 5.26. The first kappa shape index (κ1) is 19.3. The van der Waals surface area contributed by atoms with E-state index >= 15 is 0 Å². The van der Waals surface area contributed by atoms with Crippen LogP contribution in [0.3, 0.4) is 0 Å². The second-order valence-electron chi connectivity index (χ2n) is 8.27. The zero-order chi connectivity index (χ0) is 20.6. The maximum Gasteiger partial charge on any atom is 0.262 e. The van der Waals surface area contributed by atoms with Gasteiger partial charge in [-0.2, -0.15) is 0 Å². The molecule has 0 unspecified atom stereocenters. The van der Waals surface area contributed by atoms with Gasteiger partial charge in [-0.15, -0.1) is 0 Å². The summed E-state index contributed by atoms with van der Waals surface area (Å²) >= 11 is 0. The van der Waals surface area contributed by atoms with Crippen molar-refractivity contribution in [3.63, 3.8) is 0 Å². The lowest BCUT2D eigenvalue weighted by Crippen LogP contribution is -2.25. The molecule has 0 aromatic heterocycles. The number of ether oxygens (including phenoxy) is 2. The summed E-state index contributed by atoms with van der Waals surface area (Å²) in [4.78, 5) is 26.1. The number of hydrogen-bond donors (Lipinski definition) is 1. The van der Waals surface area contributed by atoms with Gasteiger partial charge in [0.15, 0.2) is 18.1 Å². The molecule has 2 aliphatic rings. The van der Waals surface area contributed by atoms with E-state index in [0.717, 1.165) is 42.0 Å². The van der Waals surface area contributed by atoms with Crippen LogP contribution in [0.1, 0.15) is 37.8 Å². The number of carbonyl (C=O) groups excluding carboxylic acids is 2. The average molecular weight is 394 g/mol. The predicted molar refractivity (Wildman–Crippen MR) is 112 cm³/mol. The van der Waals surface area contributed by atoms with Crippen molar-refractivity contribution < 1.29 is 19.1 Å². The molecule has 1 N–H and O–H groups in total. The van der Waals surface area contributed by atoms with Gasteiger partial charge in [-0.25, -0.2) is 0 Å². The van der Waals surface area contributed by atoms with Gasteiger partial charge in [0, 0.05) is 36.3 Å². The number of benzene rings is 2. The van der Waals surface area contributed by atoms with Gasteiger partial charge in [0.05, 0.1) is 0 Å². The second kappa shape index (κ2) is 7.43. The van der Waals surface area contributed by atoms with Gasteiger partial charge in [-0.1, -0.05) is 12.1 Å². The molecule has 0 bridgehead atoms. The molecular formula is C23H26N2O4. The Balaban J connectivity index is 1.38. The molecule has 2 aromatic carbocycles. The summed E-state index contributed by atoms with van der Waals surface area (Å²) in [5, 5.41) is 2.86. The summed E-state index contributed by atoms with van der Waals surface area (Å²) in [7, 11) is 0. The summed E-state index contributed by atoms with van der Waals surface area (Å²) in [6.07, 6.45) is 2.30. The zero-order valence-corrected chi connectivity index (χ0v) is 17.1. The van der Waals surface area contributed by atoms with E-state index < -0.39 is 0 Å². The van der Waals surface area contributed by atoms with Crippen LogP contribution in [0.15, 0.2) is 36.4 Å². The summed E-state index contributed by atoms with van der Waals surface area (Å²) < 4.78 is 11.7. The van der Waals surface area contributed by atoms with E-state index in [1.807, 2.05) is 62.1 Å². The molecule has 0 spiro atoms. The third-order valence-electron chi connectivity index (χ3n) is 5.26. The Kier molecular flexibility index (Phi) is 4.94. The van der Waals surface area contributed by atoms with Crippen molar-refractivity contribution in [1.29, 1.82) is 0 Å². The van der Waals surface area contributed by atoms with E-state index in [2.05, 4.69) is 5.32 Å². The Morgan fingerprint density at radius 3 is 2.83 bits per heavy atom. The molecular weight excluding hydrogens is 368 g/mol. The Morgan fingerprint density at radius 1 is 1.28 bits per heavy atom. The van der Waals surface area contributed by atoms with Crippen LogP contribution in [0.25, 0.3) is 0 Å². The van der Waals surface area contributed by atoms with E-state index in [4.69, 9.17) is 9.47 Å². The van der Waals surface area contributed by atoms with Crippen molar-refractivity contribution in [3.8, 4) is 11.5 Å². The number of aryl methyl sites for hydroxylation is 1. The Hall–Kier alpha value is -3.02. The first-order valence-corrected chi connectivity index (χ1v) is 9.97. The number of hydrogen-bond acceptors (Lipinski definition) is 4.